The molecule has 3 aromatic rings. The number of nitrogens with two attached hydrogens (primary N) is 4. The first-order valence-electron chi connectivity index (χ1n) is 20.2. The molecule has 0 atom stereocenters. The van der Waals surface area contributed by atoms with Crippen LogP contribution in [0.5, 0.6) is 0 Å². The highest BCUT2D eigenvalue weighted by Crippen LogP contribution is 2.11. The molecule has 17 nitrogen and oxygen atoms in total. The highest BCUT2D eigenvalue weighted by atomic mass is 16.2. The van der Waals surface area contributed by atoms with Crippen molar-refractivity contribution in [2.75, 3.05) is 42.1 Å². The Morgan fingerprint density at radius 3 is 1.26 bits per heavy atom. The highest BCUT2D eigenvalue weighted by Gasteiger charge is 2.09. The van der Waals surface area contributed by atoms with Crippen molar-refractivity contribution >= 4 is 58.4 Å². The first-order valence-corrected chi connectivity index (χ1v) is 20.2. The maximum atomic E-state index is 11.4. The number of guanidine groups is 1. The number of carbonyl (C=O) groups is 5. The van der Waals surface area contributed by atoms with Gasteiger partial charge in [-0.1, -0.05) is 87.4 Å². The second-order valence-electron chi connectivity index (χ2n) is 15.0. The Morgan fingerprint density at radius 1 is 0.557 bits per heavy atom. The number of hydrogen-bond acceptors (Lipinski definition) is 8. The lowest BCUT2D eigenvalue weighted by Gasteiger charge is -2.07. The number of amides is 5. The maximum absolute atomic E-state index is 11.4. The van der Waals surface area contributed by atoms with E-state index in [1.54, 1.807) is 24.3 Å². The zero-order valence-corrected chi connectivity index (χ0v) is 38.0. The fourth-order valence-electron chi connectivity index (χ4n) is 3.67. The Labute approximate surface area is 362 Å². The largest absolute Gasteiger partial charge is 0.384 e. The SMILES string of the molecule is CC(C)C(=O)NCCN.CC(C)C(=O)NCCN=C(N)N.CC(C)C(=O)Nc1cc[n+](C)cc1.CC(C)C(=O)Nc1ccc(C(=N)N)cc1.CC(C)C(=O)Nc1ccccc1. The number of aromatic nitrogens is 1. The summed E-state index contributed by atoms with van der Waals surface area (Å²) in [7, 11) is 1.94. The summed E-state index contributed by atoms with van der Waals surface area (Å²) in [5.74, 6) is 0.324. The molecule has 338 valence electrons. The lowest BCUT2D eigenvalue weighted by molar-refractivity contribution is -0.671. The highest BCUT2D eigenvalue weighted by molar-refractivity contribution is 5.96. The van der Waals surface area contributed by atoms with Gasteiger partial charge in [-0.3, -0.25) is 34.4 Å². The molecule has 14 N–H and O–H groups in total. The monoisotopic (exact) mass is 850 g/mol. The molecular formula is C44H73N12O5+. The van der Waals surface area contributed by atoms with E-state index in [-0.39, 0.29) is 70.9 Å². The molecule has 3 rings (SSSR count). The number of benzene rings is 2. The van der Waals surface area contributed by atoms with E-state index in [1.807, 2.05) is 136 Å². The van der Waals surface area contributed by atoms with E-state index in [2.05, 4.69) is 31.6 Å². The standard InChI is InChI=1S/C11H15N3O.C10H14N2O.C10H13NO.C7H16N4O.C6H14N2O/c1-7(2)11(15)14-9-5-3-8(4-6-9)10(12)13;1-8(2)10(13)11-9-4-6-12(3)7-5-9;1-8(2)10(12)11-9-6-4-3-5-7-9;1-5(2)6(12)10-3-4-11-7(8)9;1-5(2)6(9)8-4-3-7/h3-7H,1-2H3,(H3,12,13)(H,14,15);4-8H,1-3H3;3-8H,1-2H3,(H,11,12);5H,3-4H2,1-2H3,(H,10,12)(H4,8,9,11);5H,3-4,7H2,1-2H3,(H,8,9)/p+1. The summed E-state index contributed by atoms with van der Waals surface area (Å²) in [6, 6.07) is 20.1. The number of aryl methyl sites for hydroxylation is 1. The molecule has 0 fully saturated rings. The molecule has 0 saturated heterocycles. The van der Waals surface area contributed by atoms with Crippen molar-refractivity contribution in [2.45, 2.75) is 69.2 Å². The molecule has 1 aromatic heterocycles. The second kappa shape index (κ2) is 32.5. The molecule has 0 aliphatic carbocycles. The third-order valence-corrected chi connectivity index (χ3v) is 7.52. The summed E-state index contributed by atoms with van der Waals surface area (Å²) in [5.41, 5.74) is 23.7. The number of nitrogens with zero attached hydrogens (tertiary/aromatic N) is 2. The third-order valence-electron chi connectivity index (χ3n) is 7.52. The average Bonchev–Trinajstić information content (AvgIpc) is 3.20. The van der Waals surface area contributed by atoms with Crippen LogP contribution >= 0.6 is 0 Å². The van der Waals surface area contributed by atoms with Gasteiger partial charge in [0.1, 0.15) is 12.9 Å². The minimum atomic E-state index is -0.0440. The summed E-state index contributed by atoms with van der Waals surface area (Å²) in [4.78, 5) is 59.2. The summed E-state index contributed by atoms with van der Waals surface area (Å²) in [6.45, 7) is 20.5. The molecule has 1 heterocycles. The molecule has 5 amide bonds. The first-order chi connectivity index (χ1) is 28.5. The van der Waals surface area contributed by atoms with Crippen molar-refractivity contribution in [1.82, 2.24) is 10.6 Å². The number of anilines is 3. The van der Waals surface area contributed by atoms with Gasteiger partial charge in [-0.05, 0) is 36.4 Å². The Kier molecular flexibility index (Phi) is 30.2. The lowest BCUT2D eigenvalue weighted by Crippen LogP contribution is -2.32. The van der Waals surface area contributed by atoms with Gasteiger partial charge in [-0.15, -0.1) is 0 Å². The van der Waals surface area contributed by atoms with Crippen molar-refractivity contribution in [3.63, 3.8) is 0 Å². The number of aliphatic imine (C=N–C) groups is 1. The molecule has 2 aromatic carbocycles. The number of pyridine rings is 1. The van der Waals surface area contributed by atoms with Crippen LogP contribution in [0.1, 0.15) is 74.8 Å². The smallest absolute Gasteiger partial charge is 0.226 e. The normalized spacial score (nSPS) is 9.92. The minimum absolute atomic E-state index is 0.00389. The fourth-order valence-corrected chi connectivity index (χ4v) is 3.67. The van der Waals surface area contributed by atoms with Crippen molar-refractivity contribution in [3.8, 4) is 0 Å². The predicted octanol–water partition coefficient (Wildman–Crippen LogP) is 3.70. The van der Waals surface area contributed by atoms with Crippen molar-refractivity contribution in [2.24, 2.45) is 64.6 Å². The number of rotatable bonds is 14. The van der Waals surface area contributed by atoms with Crippen LogP contribution in [0.2, 0.25) is 0 Å². The van der Waals surface area contributed by atoms with Crippen LogP contribution in [0.3, 0.4) is 0 Å². The number of para-hydroxylation sites is 1. The summed E-state index contributed by atoms with van der Waals surface area (Å²) in [5, 5.41) is 20.9. The van der Waals surface area contributed by atoms with E-state index in [1.165, 1.54) is 0 Å². The van der Waals surface area contributed by atoms with Crippen LogP contribution in [0.25, 0.3) is 0 Å². The number of hydrogen-bond donors (Lipinski definition) is 10. The van der Waals surface area contributed by atoms with Gasteiger partial charge in [0.25, 0.3) is 0 Å². The average molecular weight is 850 g/mol. The van der Waals surface area contributed by atoms with Crippen LogP contribution in [-0.2, 0) is 31.0 Å². The predicted molar refractivity (Wildman–Crippen MR) is 247 cm³/mol. The van der Waals surface area contributed by atoms with Gasteiger partial charge in [-0.2, -0.15) is 0 Å². The maximum Gasteiger partial charge on any atom is 0.226 e. The van der Waals surface area contributed by atoms with Crippen LogP contribution in [0.4, 0.5) is 17.1 Å². The van der Waals surface area contributed by atoms with Gasteiger partial charge in [0.15, 0.2) is 18.4 Å². The van der Waals surface area contributed by atoms with Crippen molar-refractivity contribution < 1.29 is 28.5 Å². The summed E-state index contributed by atoms with van der Waals surface area (Å²) < 4.78 is 1.92. The van der Waals surface area contributed by atoms with Gasteiger partial charge >= 0.3 is 0 Å². The first kappa shape index (κ1) is 56.7. The number of amidine groups is 1. The van der Waals surface area contributed by atoms with E-state index in [4.69, 9.17) is 28.3 Å². The van der Waals surface area contributed by atoms with E-state index in [0.29, 0.717) is 31.7 Å². The van der Waals surface area contributed by atoms with Crippen molar-refractivity contribution in [3.05, 3.63) is 84.7 Å². The Bertz CT molecular complexity index is 1760. The molecule has 0 radical (unpaired) electrons. The Balaban J connectivity index is 0. The molecule has 0 bridgehead atoms. The summed E-state index contributed by atoms with van der Waals surface area (Å²) in [6.07, 6.45) is 3.80. The Hall–Kier alpha value is -6.36. The van der Waals surface area contributed by atoms with E-state index >= 15 is 0 Å². The topological polar surface area (TPSA) is 290 Å². The zero-order chi connectivity index (χ0) is 47.1. The lowest BCUT2D eigenvalue weighted by atomic mass is 10.1. The van der Waals surface area contributed by atoms with E-state index in [0.717, 1.165) is 17.1 Å². The molecular weight excluding hydrogens is 777 g/mol. The number of nitrogen functional groups attached to an aromatic ring is 1. The quantitative estimate of drug-likeness (QED) is 0.0489. The van der Waals surface area contributed by atoms with Gasteiger partial charge in [0.2, 0.25) is 29.5 Å². The molecule has 0 aliphatic heterocycles. The molecule has 0 saturated carbocycles. The molecule has 61 heavy (non-hydrogen) atoms. The molecule has 0 unspecified atom stereocenters. The summed E-state index contributed by atoms with van der Waals surface area (Å²) >= 11 is 0. The molecule has 17 heteroatoms. The minimum Gasteiger partial charge on any atom is -0.384 e. The fraction of sp³-hybridized carbons (Fsp3) is 0.455. The van der Waals surface area contributed by atoms with Gasteiger partial charge in [0.05, 0.1) is 12.2 Å². The second-order valence-corrected chi connectivity index (χ2v) is 15.0. The number of nitrogens with one attached hydrogen (secondary N) is 6. The van der Waals surface area contributed by atoms with Crippen molar-refractivity contribution in [1.29, 1.82) is 5.41 Å². The third kappa shape index (κ3) is 30.4. The number of carbonyl (C=O) groups excluding carboxylic acids is 5. The Morgan fingerprint density at radius 2 is 0.918 bits per heavy atom. The van der Waals surface area contributed by atoms with Crippen LogP contribution in [-0.4, -0.2) is 67.5 Å². The van der Waals surface area contributed by atoms with Gasteiger partial charge < -0.3 is 49.5 Å². The molecule has 0 aliphatic rings. The van der Waals surface area contributed by atoms with Crippen LogP contribution < -0.4 is 54.1 Å². The van der Waals surface area contributed by atoms with E-state index in [9.17, 15) is 24.0 Å². The molecule has 0 spiro atoms. The zero-order valence-electron chi connectivity index (χ0n) is 38.0. The van der Waals surface area contributed by atoms with Crippen LogP contribution in [0, 0.1) is 35.0 Å². The van der Waals surface area contributed by atoms with Gasteiger partial charge in [0, 0.05) is 78.3 Å². The van der Waals surface area contributed by atoms with E-state index < -0.39 is 0 Å². The van der Waals surface area contributed by atoms with Crippen LogP contribution in [0.15, 0.2) is 84.1 Å². The van der Waals surface area contributed by atoms with Gasteiger partial charge in [-0.25, -0.2) is 4.57 Å².